The number of benzene rings is 1. The van der Waals surface area contributed by atoms with E-state index < -0.39 is 6.04 Å². The molecule has 130 valence electrons. The lowest BCUT2D eigenvalue weighted by Crippen LogP contribution is -2.03. The van der Waals surface area contributed by atoms with Crippen molar-refractivity contribution in [2.24, 2.45) is 0 Å². The summed E-state index contributed by atoms with van der Waals surface area (Å²) in [6.45, 7) is 1.69. The first-order chi connectivity index (χ1) is 12.0. The summed E-state index contributed by atoms with van der Waals surface area (Å²) in [5.74, 6) is 0.506. The molecule has 2 aromatic carbocycles. The molecule has 0 amide bonds. The van der Waals surface area contributed by atoms with E-state index in [0.717, 1.165) is 35.1 Å². The van der Waals surface area contributed by atoms with Crippen LogP contribution in [0.4, 0.5) is 4.39 Å². The highest BCUT2D eigenvalue weighted by atomic mass is 32.2. The van der Waals surface area contributed by atoms with Gasteiger partial charge in [0.2, 0.25) is 0 Å². The molecule has 25 heavy (non-hydrogen) atoms. The maximum absolute atomic E-state index is 13.5. The number of fused-ring (bicyclic) bond motifs is 3. The lowest BCUT2D eigenvalue weighted by atomic mass is 9.92. The van der Waals surface area contributed by atoms with E-state index in [-0.39, 0.29) is 11.0 Å². The molecule has 3 nitrogen and oxygen atoms in total. The van der Waals surface area contributed by atoms with E-state index in [0.29, 0.717) is 22.6 Å². The molecule has 0 saturated heterocycles. The van der Waals surface area contributed by atoms with Crippen molar-refractivity contribution in [2.75, 3.05) is 13.4 Å². The van der Waals surface area contributed by atoms with Crippen molar-refractivity contribution in [3.8, 4) is 16.9 Å². The van der Waals surface area contributed by atoms with Crippen molar-refractivity contribution in [2.45, 2.75) is 31.1 Å². The third-order valence-electron chi connectivity index (χ3n) is 4.70. The lowest BCUT2D eigenvalue weighted by Gasteiger charge is -2.17. The minimum absolute atomic E-state index is 0.00319. The third-order valence-corrected chi connectivity index (χ3v) is 5.48. The molecule has 0 fully saturated rings. The second-order valence-electron chi connectivity index (χ2n) is 6.09. The van der Waals surface area contributed by atoms with Gasteiger partial charge < -0.3 is 4.74 Å². The number of thioether (sulfide) groups is 1. The molecule has 5 heteroatoms. The fourth-order valence-corrected chi connectivity index (χ4v) is 3.97. The Balaban J connectivity index is 2.40. The third kappa shape index (κ3) is 3.09. The van der Waals surface area contributed by atoms with Gasteiger partial charge >= 0.3 is 6.04 Å². The molecule has 0 saturated carbocycles. The Morgan fingerprint density at radius 2 is 1.92 bits per heavy atom. The van der Waals surface area contributed by atoms with E-state index in [1.54, 1.807) is 19.1 Å². The quantitative estimate of drug-likeness (QED) is 0.604. The molecular formula is C20H19FO3S. The number of halogens is 1. The van der Waals surface area contributed by atoms with Crippen LogP contribution in [0.2, 0.25) is 0 Å². The van der Waals surface area contributed by atoms with Crippen LogP contribution in [0.1, 0.15) is 33.5 Å². The zero-order valence-corrected chi connectivity index (χ0v) is 15.3. The Kier molecular flexibility index (Phi) is 4.95. The summed E-state index contributed by atoms with van der Waals surface area (Å²) in [5.41, 5.74) is 4.16. The predicted octanol–water partition coefficient (Wildman–Crippen LogP) is 4.35. The average Bonchev–Trinajstić information content (AvgIpc) is 2.83. The van der Waals surface area contributed by atoms with Gasteiger partial charge in [-0.25, -0.2) is 0 Å². The number of carbonyl (C=O) groups excluding carboxylic acids is 1. The van der Waals surface area contributed by atoms with Crippen LogP contribution >= 0.6 is 11.8 Å². The molecule has 0 aliphatic heterocycles. The molecular weight excluding hydrogens is 339 g/mol. The van der Waals surface area contributed by atoms with Gasteiger partial charge in [0.25, 0.3) is 0 Å². The van der Waals surface area contributed by atoms with Gasteiger partial charge in [0.05, 0.1) is 17.6 Å². The minimum Gasteiger partial charge on any atom is -0.496 e. The van der Waals surface area contributed by atoms with Gasteiger partial charge in [0.1, 0.15) is 5.75 Å². The van der Waals surface area contributed by atoms with Gasteiger partial charge in [-0.05, 0) is 67.3 Å². The molecule has 0 radical (unpaired) electrons. The number of hydrogen-bond acceptors (Lipinski definition) is 4. The normalized spacial score (nSPS) is 12.8. The fourth-order valence-electron chi connectivity index (χ4n) is 3.51. The Morgan fingerprint density at radius 3 is 2.56 bits per heavy atom. The highest BCUT2D eigenvalue weighted by Gasteiger charge is 2.24. The van der Waals surface area contributed by atoms with Crippen molar-refractivity contribution in [3.05, 3.63) is 56.7 Å². The number of aryl methyl sites for hydroxylation is 2. The SMILES string of the molecule is COc1c(C)c(C(=O)F)cc2c1-c1ccc(SC)c(=O)cc1CCC2. The topological polar surface area (TPSA) is 43.4 Å². The first kappa shape index (κ1) is 17.7. The van der Waals surface area contributed by atoms with E-state index in [1.165, 1.54) is 18.9 Å². The van der Waals surface area contributed by atoms with Crippen LogP contribution in [-0.4, -0.2) is 19.4 Å². The van der Waals surface area contributed by atoms with Crippen LogP contribution in [0.15, 0.2) is 34.0 Å². The van der Waals surface area contributed by atoms with Gasteiger partial charge in [-0.1, -0.05) is 6.07 Å². The van der Waals surface area contributed by atoms with Gasteiger partial charge in [0.15, 0.2) is 5.43 Å². The van der Waals surface area contributed by atoms with Crippen LogP contribution in [0.5, 0.6) is 5.75 Å². The summed E-state index contributed by atoms with van der Waals surface area (Å²) in [4.78, 5) is 24.4. The first-order valence-electron chi connectivity index (χ1n) is 8.09. The first-order valence-corrected chi connectivity index (χ1v) is 9.32. The van der Waals surface area contributed by atoms with E-state index in [1.807, 2.05) is 18.4 Å². The molecule has 1 aliphatic carbocycles. The van der Waals surface area contributed by atoms with Crippen molar-refractivity contribution < 1.29 is 13.9 Å². The number of rotatable bonds is 3. The highest BCUT2D eigenvalue weighted by molar-refractivity contribution is 7.98. The summed E-state index contributed by atoms with van der Waals surface area (Å²) in [5, 5.41) is 0. The van der Waals surface area contributed by atoms with E-state index in [4.69, 9.17) is 4.74 Å². The molecule has 0 aromatic heterocycles. The molecule has 1 aliphatic rings. The fraction of sp³-hybridized carbons (Fsp3) is 0.300. The van der Waals surface area contributed by atoms with Gasteiger partial charge in [-0.3, -0.25) is 9.59 Å². The Labute approximate surface area is 150 Å². The molecule has 0 atom stereocenters. The number of hydrogen-bond donors (Lipinski definition) is 0. The van der Waals surface area contributed by atoms with Crippen molar-refractivity contribution in [1.29, 1.82) is 0 Å². The number of methoxy groups -OCH3 is 1. The Hall–Kier alpha value is -2.14. The average molecular weight is 358 g/mol. The van der Waals surface area contributed by atoms with Crippen LogP contribution in [-0.2, 0) is 12.8 Å². The summed E-state index contributed by atoms with van der Waals surface area (Å²) in [6, 6.07) is 5.63. The second-order valence-corrected chi connectivity index (χ2v) is 6.94. The smallest absolute Gasteiger partial charge is 0.332 e. The van der Waals surface area contributed by atoms with Crippen LogP contribution in [0.3, 0.4) is 0 Å². The van der Waals surface area contributed by atoms with Crippen molar-refractivity contribution in [3.63, 3.8) is 0 Å². The van der Waals surface area contributed by atoms with Crippen LogP contribution in [0.25, 0.3) is 11.1 Å². The van der Waals surface area contributed by atoms with Crippen LogP contribution in [0, 0.1) is 6.92 Å². The molecule has 0 bridgehead atoms. The van der Waals surface area contributed by atoms with Gasteiger partial charge in [-0.15, -0.1) is 11.8 Å². The summed E-state index contributed by atoms with van der Waals surface area (Å²) in [7, 11) is 1.52. The molecule has 2 aromatic rings. The predicted molar refractivity (Wildman–Crippen MR) is 98.7 cm³/mol. The zero-order chi connectivity index (χ0) is 18.1. The maximum Gasteiger partial charge on any atom is 0.332 e. The van der Waals surface area contributed by atoms with Gasteiger partial charge in [-0.2, -0.15) is 4.39 Å². The van der Waals surface area contributed by atoms with Crippen molar-refractivity contribution in [1.82, 2.24) is 0 Å². The number of carbonyl (C=O) groups is 1. The molecule has 0 heterocycles. The molecule has 0 unspecified atom stereocenters. The molecule has 0 spiro atoms. The monoisotopic (exact) mass is 358 g/mol. The summed E-state index contributed by atoms with van der Waals surface area (Å²) >= 11 is 1.42. The van der Waals surface area contributed by atoms with E-state index in [9.17, 15) is 14.0 Å². The van der Waals surface area contributed by atoms with Gasteiger partial charge in [0, 0.05) is 11.1 Å². The van der Waals surface area contributed by atoms with Crippen LogP contribution < -0.4 is 10.2 Å². The largest absolute Gasteiger partial charge is 0.496 e. The highest BCUT2D eigenvalue weighted by Crippen LogP contribution is 2.42. The summed E-state index contributed by atoms with van der Waals surface area (Å²) in [6.07, 6.45) is 4.15. The Morgan fingerprint density at radius 1 is 1.20 bits per heavy atom. The minimum atomic E-state index is -1.45. The lowest BCUT2D eigenvalue weighted by molar-refractivity contribution is 0.0834. The maximum atomic E-state index is 13.5. The second kappa shape index (κ2) is 7.00. The Bertz CT molecular complexity index is 922. The van der Waals surface area contributed by atoms with E-state index in [2.05, 4.69) is 0 Å². The zero-order valence-electron chi connectivity index (χ0n) is 14.4. The summed E-state index contributed by atoms with van der Waals surface area (Å²) < 4.78 is 19.0. The van der Waals surface area contributed by atoms with E-state index >= 15 is 0 Å². The number of ether oxygens (including phenoxy) is 1. The molecule has 0 N–H and O–H groups in total. The molecule has 3 rings (SSSR count). The van der Waals surface area contributed by atoms with Crippen molar-refractivity contribution >= 4 is 17.8 Å². The standard InChI is InChI=1S/C20H19FO3S/c1-11-15(20(21)23)9-13-6-4-5-12-10-16(22)17(25-3)8-7-14(12)18(13)19(11)24-2/h7-10H,4-6H2,1-3H3.